The summed E-state index contributed by atoms with van der Waals surface area (Å²) in [6, 6.07) is 14.9. The minimum atomic E-state index is 0. The molecule has 1 aliphatic heterocycles. The summed E-state index contributed by atoms with van der Waals surface area (Å²) in [5, 5.41) is 0. The molecule has 0 aromatic heterocycles. The quantitative estimate of drug-likeness (QED) is 0.588. The highest BCUT2D eigenvalue weighted by molar-refractivity contribution is 5.85. The fraction of sp³-hybridized carbons (Fsp3) is 0.478. The van der Waals surface area contributed by atoms with Gasteiger partial charge in [-0.05, 0) is 61.1 Å². The summed E-state index contributed by atoms with van der Waals surface area (Å²) >= 11 is 0. The van der Waals surface area contributed by atoms with Crippen LogP contribution in [0.3, 0.4) is 0 Å². The summed E-state index contributed by atoms with van der Waals surface area (Å²) in [5.74, 6) is 2.00. The molecule has 0 spiro atoms. The molecule has 2 aromatic rings. The van der Waals surface area contributed by atoms with Crippen molar-refractivity contribution >= 4 is 30.5 Å². The van der Waals surface area contributed by atoms with Gasteiger partial charge in [-0.3, -0.25) is 4.90 Å². The smallest absolute Gasteiger partial charge is 0.142 e. The number of benzene rings is 2. The molecule has 1 saturated heterocycles. The molecule has 4 nitrogen and oxygen atoms in total. The average molecular weight is 439 g/mol. The van der Waals surface area contributed by atoms with Crippen molar-refractivity contribution in [3.8, 4) is 11.5 Å². The molecule has 0 bridgehead atoms. The summed E-state index contributed by atoms with van der Waals surface area (Å²) in [4.78, 5) is 4.97. The minimum absolute atomic E-state index is 0. The third kappa shape index (κ3) is 5.94. The van der Waals surface area contributed by atoms with E-state index < -0.39 is 0 Å². The number of methoxy groups -OCH3 is 1. The second-order valence-electron chi connectivity index (χ2n) is 7.49. The van der Waals surface area contributed by atoms with E-state index in [2.05, 4.69) is 40.1 Å². The maximum Gasteiger partial charge on any atom is 0.142 e. The monoisotopic (exact) mass is 438 g/mol. The zero-order chi connectivity index (χ0) is 18.5. The van der Waals surface area contributed by atoms with Crippen LogP contribution in [0.5, 0.6) is 11.5 Å². The van der Waals surface area contributed by atoms with Crippen molar-refractivity contribution in [3.63, 3.8) is 0 Å². The topological polar surface area (TPSA) is 24.9 Å². The van der Waals surface area contributed by atoms with Gasteiger partial charge in [0.25, 0.3) is 0 Å². The van der Waals surface area contributed by atoms with Gasteiger partial charge in [0.2, 0.25) is 0 Å². The van der Waals surface area contributed by atoms with Gasteiger partial charge < -0.3 is 14.4 Å². The van der Waals surface area contributed by atoms with Crippen LogP contribution in [0, 0.1) is 0 Å². The number of aryl methyl sites for hydroxylation is 2. The van der Waals surface area contributed by atoms with Crippen molar-refractivity contribution in [2.24, 2.45) is 0 Å². The van der Waals surface area contributed by atoms with Crippen molar-refractivity contribution in [2.75, 3.05) is 51.3 Å². The molecule has 4 rings (SSSR count). The Morgan fingerprint density at radius 1 is 0.897 bits per heavy atom. The number of piperazine rings is 1. The summed E-state index contributed by atoms with van der Waals surface area (Å²) in [7, 11) is 1.75. The predicted molar refractivity (Wildman–Crippen MR) is 125 cm³/mol. The molecule has 0 unspecified atom stereocenters. The van der Waals surface area contributed by atoms with Gasteiger partial charge in [-0.15, -0.1) is 24.8 Å². The molecule has 2 aliphatic rings. The Hall–Kier alpha value is -1.62. The number of hydrogen-bond donors (Lipinski definition) is 0. The van der Waals surface area contributed by atoms with Crippen LogP contribution in [0.2, 0.25) is 0 Å². The summed E-state index contributed by atoms with van der Waals surface area (Å²) in [5.41, 5.74) is 4.20. The largest absolute Gasteiger partial charge is 0.495 e. The van der Waals surface area contributed by atoms with E-state index in [9.17, 15) is 0 Å². The number of halogens is 2. The first-order valence-corrected chi connectivity index (χ1v) is 10.2. The molecule has 1 fully saturated rings. The standard InChI is InChI=1S/C23H30N2O2.2ClH/c1-26-23-9-3-2-8-22(23)25-15-13-24(14-16-25)12-5-17-27-21-11-10-19-6-4-7-20(19)18-21;;/h2-3,8-11,18H,4-7,12-17H2,1H3;2*1H. The first kappa shape index (κ1) is 23.7. The van der Waals surface area contributed by atoms with Gasteiger partial charge in [-0.1, -0.05) is 18.2 Å². The lowest BCUT2D eigenvalue weighted by molar-refractivity contribution is 0.224. The van der Waals surface area contributed by atoms with Crippen molar-refractivity contribution in [1.82, 2.24) is 4.90 Å². The van der Waals surface area contributed by atoms with Gasteiger partial charge in [0.1, 0.15) is 11.5 Å². The SMILES string of the molecule is COc1ccccc1N1CCN(CCCOc2ccc3c(c2)CCC3)CC1.Cl.Cl. The van der Waals surface area contributed by atoms with Gasteiger partial charge in [0, 0.05) is 32.7 Å². The lowest BCUT2D eigenvalue weighted by Gasteiger charge is -2.36. The fourth-order valence-corrected chi connectivity index (χ4v) is 4.22. The first-order valence-electron chi connectivity index (χ1n) is 10.2. The Bertz CT molecular complexity index is 764. The number of rotatable bonds is 7. The molecule has 2 aromatic carbocycles. The van der Waals surface area contributed by atoms with Gasteiger partial charge >= 0.3 is 0 Å². The van der Waals surface area contributed by atoms with Crippen molar-refractivity contribution in [3.05, 3.63) is 53.6 Å². The van der Waals surface area contributed by atoms with E-state index in [1.165, 1.54) is 36.1 Å². The number of fused-ring (bicyclic) bond motifs is 1. The van der Waals surface area contributed by atoms with E-state index >= 15 is 0 Å². The highest BCUT2D eigenvalue weighted by atomic mass is 35.5. The Morgan fingerprint density at radius 2 is 1.66 bits per heavy atom. The molecule has 0 radical (unpaired) electrons. The molecule has 1 heterocycles. The number of nitrogens with zero attached hydrogens (tertiary/aromatic N) is 2. The van der Waals surface area contributed by atoms with Gasteiger partial charge in [-0.25, -0.2) is 0 Å². The third-order valence-electron chi connectivity index (χ3n) is 5.76. The number of ether oxygens (including phenoxy) is 2. The summed E-state index contributed by atoms with van der Waals surface area (Å²) < 4.78 is 11.5. The van der Waals surface area contributed by atoms with Crippen molar-refractivity contribution in [2.45, 2.75) is 25.7 Å². The highest BCUT2D eigenvalue weighted by Gasteiger charge is 2.19. The van der Waals surface area contributed by atoms with E-state index in [-0.39, 0.29) is 24.8 Å². The van der Waals surface area contributed by atoms with Gasteiger partial charge in [-0.2, -0.15) is 0 Å². The lowest BCUT2D eigenvalue weighted by atomic mass is 10.1. The van der Waals surface area contributed by atoms with E-state index in [0.29, 0.717) is 0 Å². The van der Waals surface area contributed by atoms with Crippen LogP contribution < -0.4 is 14.4 Å². The van der Waals surface area contributed by atoms with E-state index in [4.69, 9.17) is 9.47 Å². The Balaban J connectivity index is 0.00000150. The van der Waals surface area contributed by atoms with E-state index in [1.54, 1.807) is 7.11 Å². The van der Waals surface area contributed by atoms with Crippen LogP contribution in [-0.4, -0.2) is 51.3 Å². The average Bonchev–Trinajstić information content (AvgIpc) is 3.19. The molecular formula is C23H32Cl2N2O2. The van der Waals surface area contributed by atoms with E-state index in [1.807, 2.05) is 12.1 Å². The molecule has 160 valence electrons. The van der Waals surface area contributed by atoms with Crippen LogP contribution in [0.1, 0.15) is 24.0 Å². The Kier molecular flexibility index (Phi) is 9.41. The number of anilines is 1. The van der Waals surface area contributed by atoms with E-state index in [0.717, 1.165) is 57.3 Å². The molecule has 29 heavy (non-hydrogen) atoms. The summed E-state index contributed by atoms with van der Waals surface area (Å²) in [6.07, 6.45) is 4.81. The number of para-hydroxylation sites is 2. The van der Waals surface area contributed by atoms with Gasteiger partial charge in [0.15, 0.2) is 0 Å². The molecule has 0 amide bonds. The molecule has 0 atom stereocenters. The third-order valence-corrected chi connectivity index (χ3v) is 5.76. The predicted octanol–water partition coefficient (Wildman–Crippen LogP) is 4.62. The maximum atomic E-state index is 5.99. The Morgan fingerprint density at radius 3 is 2.45 bits per heavy atom. The van der Waals surface area contributed by atoms with Crippen LogP contribution >= 0.6 is 24.8 Å². The summed E-state index contributed by atoms with van der Waals surface area (Å²) in [6.45, 7) is 6.18. The first-order chi connectivity index (χ1) is 13.3. The molecule has 0 saturated carbocycles. The minimum Gasteiger partial charge on any atom is -0.495 e. The second-order valence-corrected chi connectivity index (χ2v) is 7.49. The second kappa shape index (κ2) is 11.5. The van der Waals surface area contributed by atoms with Gasteiger partial charge in [0.05, 0.1) is 19.4 Å². The fourth-order valence-electron chi connectivity index (χ4n) is 4.22. The van der Waals surface area contributed by atoms with Crippen molar-refractivity contribution < 1.29 is 9.47 Å². The zero-order valence-corrected chi connectivity index (χ0v) is 18.8. The molecule has 1 aliphatic carbocycles. The van der Waals surface area contributed by atoms with Crippen LogP contribution in [-0.2, 0) is 12.8 Å². The van der Waals surface area contributed by atoms with Crippen molar-refractivity contribution in [1.29, 1.82) is 0 Å². The normalized spacial score (nSPS) is 15.8. The van der Waals surface area contributed by atoms with Crippen LogP contribution in [0.15, 0.2) is 42.5 Å². The molecular weight excluding hydrogens is 407 g/mol. The molecule has 0 N–H and O–H groups in total. The maximum absolute atomic E-state index is 5.99. The highest BCUT2D eigenvalue weighted by Crippen LogP contribution is 2.28. The zero-order valence-electron chi connectivity index (χ0n) is 17.1. The molecule has 6 heteroatoms. The van der Waals surface area contributed by atoms with Crippen LogP contribution in [0.25, 0.3) is 0 Å². The van der Waals surface area contributed by atoms with Crippen LogP contribution in [0.4, 0.5) is 5.69 Å². The Labute approximate surface area is 187 Å². The lowest BCUT2D eigenvalue weighted by Crippen LogP contribution is -2.46. The number of hydrogen-bond acceptors (Lipinski definition) is 4.